The second kappa shape index (κ2) is 9.17. The summed E-state index contributed by atoms with van der Waals surface area (Å²) in [5.74, 6) is 0.707. The van der Waals surface area contributed by atoms with Crippen LogP contribution in [0.1, 0.15) is 24.1 Å². The highest BCUT2D eigenvalue weighted by Gasteiger charge is 2.15. The third-order valence-electron chi connectivity index (χ3n) is 5.82. The Labute approximate surface area is 193 Å². The maximum absolute atomic E-state index is 13.2. The van der Waals surface area contributed by atoms with Gasteiger partial charge >= 0.3 is 0 Å². The number of nitrogens with zero attached hydrogens (tertiary/aromatic N) is 2. The molecule has 0 saturated heterocycles. The molecule has 5 heteroatoms. The molecule has 0 saturated carbocycles. The van der Waals surface area contributed by atoms with E-state index in [0.29, 0.717) is 23.4 Å². The van der Waals surface area contributed by atoms with Crippen LogP contribution < -0.4 is 16.1 Å². The summed E-state index contributed by atoms with van der Waals surface area (Å²) in [6.07, 6.45) is 8.38. The van der Waals surface area contributed by atoms with Crippen molar-refractivity contribution < 1.29 is 0 Å². The van der Waals surface area contributed by atoms with Gasteiger partial charge in [-0.1, -0.05) is 48.6 Å². The summed E-state index contributed by atoms with van der Waals surface area (Å²) in [5, 5.41) is 7.47. The van der Waals surface area contributed by atoms with Crippen LogP contribution in [0.2, 0.25) is 0 Å². The first-order valence-electron chi connectivity index (χ1n) is 11.2. The molecule has 0 amide bonds. The predicted molar refractivity (Wildman–Crippen MR) is 136 cm³/mol. The normalized spacial score (nSPS) is 13.1. The molecular weight excluding hydrogens is 408 g/mol. The minimum Gasteiger partial charge on any atom is -0.381 e. The van der Waals surface area contributed by atoms with E-state index in [4.69, 9.17) is 4.98 Å². The Hall–Kier alpha value is -4.12. The average Bonchev–Trinajstić information content (AvgIpc) is 2.85. The van der Waals surface area contributed by atoms with Crippen molar-refractivity contribution in [2.45, 2.75) is 26.3 Å². The third-order valence-corrected chi connectivity index (χ3v) is 5.82. The Balaban J connectivity index is 1.62. The molecule has 0 radical (unpaired) electrons. The molecule has 5 rings (SSSR count). The van der Waals surface area contributed by atoms with Crippen LogP contribution in [0.4, 0.5) is 11.5 Å². The zero-order valence-corrected chi connectivity index (χ0v) is 18.6. The number of hydrogen-bond acceptors (Lipinski definition) is 4. The van der Waals surface area contributed by atoms with E-state index in [1.807, 2.05) is 78.2 Å². The lowest BCUT2D eigenvalue weighted by Crippen LogP contribution is -2.16. The third kappa shape index (κ3) is 4.44. The fourth-order valence-electron chi connectivity index (χ4n) is 4.08. The van der Waals surface area contributed by atoms with Crippen molar-refractivity contribution in [1.29, 1.82) is 0 Å². The minimum atomic E-state index is -0.0477. The lowest BCUT2D eigenvalue weighted by atomic mass is 10.1. The number of anilines is 2. The van der Waals surface area contributed by atoms with E-state index in [-0.39, 0.29) is 5.43 Å². The lowest BCUT2D eigenvalue weighted by molar-refractivity contribution is 0.999. The number of aromatic nitrogens is 2. The van der Waals surface area contributed by atoms with Gasteiger partial charge in [-0.15, -0.1) is 0 Å². The van der Waals surface area contributed by atoms with E-state index in [2.05, 4.69) is 28.9 Å². The number of pyridine rings is 2. The molecule has 5 nitrogen and oxygen atoms in total. The second-order valence-corrected chi connectivity index (χ2v) is 8.15. The Morgan fingerprint density at radius 3 is 2.45 bits per heavy atom. The Bertz CT molecular complexity index is 1400. The standard InChI is InChI=1S/C28H26N4O/c1-20-21(19-29-22-11-5-2-6-12-22)17-25-26(33)18-27(31-23-13-7-3-8-14-23)32(28(25)30-20)24-15-9-4-10-16-24/h2,4-7,9-18,29,31H,3,8,19H2,1H3. The van der Waals surface area contributed by atoms with Crippen LogP contribution >= 0.6 is 0 Å². The van der Waals surface area contributed by atoms with Crippen molar-refractivity contribution in [2.75, 3.05) is 10.6 Å². The van der Waals surface area contributed by atoms with Gasteiger partial charge in [0.05, 0.1) is 5.39 Å². The Morgan fingerprint density at radius 2 is 1.73 bits per heavy atom. The molecule has 1 aliphatic rings. The summed E-state index contributed by atoms with van der Waals surface area (Å²) >= 11 is 0. The molecule has 2 aromatic carbocycles. The van der Waals surface area contributed by atoms with Gasteiger partial charge in [0, 0.05) is 35.4 Å². The van der Waals surface area contributed by atoms with Crippen LogP contribution in [0.25, 0.3) is 16.7 Å². The maximum atomic E-state index is 13.2. The van der Waals surface area contributed by atoms with E-state index in [9.17, 15) is 4.79 Å². The fourth-order valence-corrected chi connectivity index (χ4v) is 4.08. The first-order valence-corrected chi connectivity index (χ1v) is 11.2. The van der Waals surface area contributed by atoms with Crippen LogP contribution in [0.5, 0.6) is 0 Å². The number of para-hydroxylation sites is 2. The number of hydrogen-bond donors (Lipinski definition) is 2. The highest BCUT2D eigenvalue weighted by Crippen LogP contribution is 2.25. The maximum Gasteiger partial charge on any atom is 0.193 e. The summed E-state index contributed by atoms with van der Waals surface area (Å²) in [6.45, 7) is 2.59. The minimum absolute atomic E-state index is 0.0477. The van der Waals surface area contributed by atoms with Gasteiger partial charge < -0.3 is 10.6 Å². The van der Waals surface area contributed by atoms with E-state index in [1.54, 1.807) is 6.07 Å². The average molecular weight is 435 g/mol. The molecule has 0 bridgehead atoms. The van der Waals surface area contributed by atoms with Gasteiger partial charge in [0.15, 0.2) is 5.43 Å². The van der Waals surface area contributed by atoms with Crippen LogP contribution in [0.15, 0.2) is 102 Å². The number of nitrogens with one attached hydrogen (secondary N) is 2. The number of benzene rings is 2. The first kappa shape index (κ1) is 20.8. The second-order valence-electron chi connectivity index (χ2n) is 8.15. The number of aryl methyl sites for hydroxylation is 1. The molecule has 2 heterocycles. The molecular formula is C28H26N4O. The Kier molecular flexibility index (Phi) is 5.77. The number of allylic oxidation sites excluding steroid dienone is 3. The lowest BCUT2D eigenvalue weighted by Gasteiger charge is -2.20. The summed E-state index contributed by atoms with van der Waals surface area (Å²) < 4.78 is 2.03. The van der Waals surface area contributed by atoms with Gasteiger partial charge in [-0.25, -0.2) is 4.98 Å². The van der Waals surface area contributed by atoms with Gasteiger partial charge in [-0.2, -0.15) is 0 Å². The molecule has 0 spiro atoms. The van der Waals surface area contributed by atoms with Gasteiger partial charge in [0.1, 0.15) is 11.5 Å². The van der Waals surface area contributed by atoms with E-state index in [0.717, 1.165) is 41.2 Å². The molecule has 4 aromatic rings. The van der Waals surface area contributed by atoms with Gasteiger partial charge in [0.25, 0.3) is 0 Å². The van der Waals surface area contributed by atoms with Crippen molar-refractivity contribution in [3.8, 4) is 5.69 Å². The van der Waals surface area contributed by atoms with Crippen molar-refractivity contribution >= 4 is 22.5 Å². The van der Waals surface area contributed by atoms with Crippen LogP contribution in [0.3, 0.4) is 0 Å². The van der Waals surface area contributed by atoms with Crippen molar-refractivity contribution in [3.05, 3.63) is 118 Å². The van der Waals surface area contributed by atoms with E-state index < -0.39 is 0 Å². The predicted octanol–water partition coefficient (Wildman–Crippen LogP) is 5.95. The van der Waals surface area contributed by atoms with Gasteiger partial charge in [-0.3, -0.25) is 9.36 Å². The fraction of sp³-hybridized carbons (Fsp3) is 0.143. The summed E-state index contributed by atoms with van der Waals surface area (Å²) in [6, 6.07) is 23.7. The smallest absolute Gasteiger partial charge is 0.193 e. The van der Waals surface area contributed by atoms with Crippen LogP contribution in [-0.4, -0.2) is 9.55 Å². The van der Waals surface area contributed by atoms with Crippen LogP contribution in [-0.2, 0) is 6.54 Å². The van der Waals surface area contributed by atoms with Crippen molar-refractivity contribution in [3.63, 3.8) is 0 Å². The van der Waals surface area contributed by atoms with Gasteiger partial charge in [0.2, 0.25) is 0 Å². The quantitative estimate of drug-likeness (QED) is 0.394. The summed E-state index contributed by atoms with van der Waals surface area (Å²) in [7, 11) is 0. The van der Waals surface area contributed by atoms with E-state index in [1.165, 1.54) is 0 Å². The molecule has 0 aliphatic heterocycles. The highest BCUT2D eigenvalue weighted by molar-refractivity contribution is 5.81. The molecule has 1 aliphatic carbocycles. The molecule has 0 atom stereocenters. The summed E-state index contributed by atoms with van der Waals surface area (Å²) in [4.78, 5) is 18.1. The molecule has 0 unspecified atom stereocenters. The van der Waals surface area contributed by atoms with Crippen LogP contribution in [0, 0.1) is 6.92 Å². The first-order chi connectivity index (χ1) is 16.2. The zero-order chi connectivity index (χ0) is 22.6. The highest BCUT2D eigenvalue weighted by atomic mass is 16.1. The van der Waals surface area contributed by atoms with Crippen molar-refractivity contribution in [2.24, 2.45) is 0 Å². The number of rotatable bonds is 6. The molecule has 33 heavy (non-hydrogen) atoms. The monoisotopic (exact) mass is 434 g/mol. The molecule has 164 valence electrons. The SMILES string of the molecule is Cc1nc2c(cc1CNc1ccccc1)c(=O)cc(NC1=CCCC=C1)n2-c1ccccc1. The topological polar surface area (TPSA) is 59.0 Å². The van der Waals surface area contributed by atoms with E-state index >= 15 is 0 Å². The largest absolute Gasteiger partial charge is 0.381 e. The molecule has 0 fully saturated rings. The molecule has 2 aromatic heterocycles. The zero-order valence-electron chi connectivity index (χ0n) is 18.6. The van der Waals surface area contributed by atoms with Crippen molar-refractivity contribution in [1.82, 2.24) is 9.55 Å². The summed E-state index contributed by atoms with van der Waals surface area (Å²) in [5.41, 5.74) is 5.47. The number of fused-ring (bicyclic) bond motifs is 1. The van der Waals surface area contributed by atoms with Gasteiger partial charge in [-0.05, 0) is 61.7 Å². The Morgan fingerprint density at radius 1 is 0.970 bits per heavy atom. The molecule has 2 N–H and O–H groups in total.